The monoisotopic (exact) mass is 516 g/mol. The van der Waals surface area contributed by atoms with Crippen LogP contribution in [0.25, 0.3) is 0 Å². The number of piperidine rings is 3. The molecule has 3 heterocycles. The van der Waals surface area contributed by atoms with Crippen LogP contribution in [0.5, 0.6) is 0 Å². The number of ether oxygens (including phenoxy) is 1. The van der Waals surface area contributed by atoms with Crippen molar-refractivity contribution in [2.75, 3.05) is 36.4 Å². The van der Waals surface area contributed by atoms with E-state index in [4.69, 9.17) is 4.74 Å². The van der Waals surface area contributed by atoms with Crippen molar-refractivity contribution in [1.82, 2.24) is 10.2 Å². The molecule has 0 spiro atoms. The van der Waals surface area contributed by atoms with Crippen LogP contribution in [0.2, 0.25) is 0 Å². The molecule has 0 saturated carbocycles. The van der Waals surface area contributed by atoms with Crippen LogP contribution in [0.1, 0.15) is 72.1 Å². The summed E-state index contributed by atoms with van der Waals surface area (Å²) in [5.74, 6) is 0.371. The average molecular weight is 517 g/mol. The Morgan fingerprint density at radius 3 is 2.22 bits per heavy atom. The van der Waals surface area contributed by atoms with Crippen molar-refractivity contribution in [2.24, 2.45) is 11.8 Å². The number of benzene rings is 1. The lowest BCUT2D eigenvalue weighted by atomic mass is 9.85. The highest BCUT2D eigenvalue weighted by molar-refractivity contribution is 6.01. The van der Waals surface area contributed by atoms with Crippen LogP contribution in [-0.2, 0) is 14.3 Å². The summed E-state index contributed by atoms with van der Waals surface area (Å²) in [5, 5.41) is 5.36. The maximum Gasteiger partial charge on any atom is 0.410 e. The maximum absolute atomic E-state index is 14.9. The smallest absolute Gasteiger partial charge is 0.410 e. The summed E-state index contributed by atoms with van der Waals surface area (Å²) < 4.78 is 20.4. The molecule has 37 heavy (non-hydrogen) atoms. The molecular weight excluding hydrogens is 475 g/mol. The van der Waals surface area contributed by atoms with Crippen molar-refractivity contribution in [1.29, 1.82) is 0 Å². The number of anilines is 2. The minimum absolute atomic E-state index is 0.203. The molecule has 2 N–H and O–H groups in total. The third-order valence-electron chi connectivity index (χ3n) is 7.73. The van der Waals surface area contributed by atoms with Crippen molar-refractivity contribution >= 4 is 29.3 Å². The molecule has 8 nitrogen and oxygen atoms in total. The topological polar surface area (TPSA) is 91.0 Å². The quantitative estimate of drug-likeness (QED) is 0.534. The van der Waals surface area contributed by atoms with E-state index < -0.39 is 11.6 Å². The van der Waals surface area contributed by atoms with Gasteiger partial charge in [0.05, 0.1) is 5.69 Å². The fraction of sp³-hybridized carbons (Fsp3) is 0.679. The number of likely N-dealkylation sites (tertiary alicyclic amines) is 1. The number of halogens is 1. The van der Waals surface area contributed by atoms with Crippen molar-refractivity contribution in [3.63, 3.8) is 0 Å². The van der Waals surface area contributed by atoms with Crippen LogP contribution in [0, 0.1) is 17.7 Å². The van der Waals surface area contributed by atoms with E-state index in [1.807, 2.05) is 25.7 Å². The van der Waals surface area contributed by atoms with Gasteiger partial charge >= 0.3 is 6.09 Å². The normalized spacial score (nSPS) is 22.1. The maximum atomic E-state index is 14.9. The molecule has 9 heteroatoms. The Morgan fingerprint density at radius 2 is 1.65 bits per heavy atom. The van der Waals surface area contributed by atoms with E-state index in [-0.39, 0.29) is 30.1 Å². The van der Waals surface area contributed by atoms with Crippen molar-refractivity contribution in [3.05, 3.63) is 24.0 Å². The minimum atomic E-state index is -0.525. The highest BCUT2D eigenvalue weighted by Gasteiger charge is 2.29. The number of nitrogens with zero attached hydrogens (tertiary/aromatic N) is 2. The Labute approximate surface area is 219 Å². The molecule has 0 bridgehead atoms. The van der Waals surface area contributed by atoms with Crippen LogP contribution < -0.4 is 15.5 Å². The number of carbonyl (C=O) groups is 3. The molecule has 0 aromatic heterocycles. The molecule has 1 aromatic carbocycles. The summed E-state index contributed by atoms with van der Waals surface area (Å²) in [4.78, 5) is 39.5. The number of imide groups is 1. The summed E-state index contributed by atoms with van der Waals surface area (Å²) in [6.07, 6.45) is 7.01. The van der Waals surface area contributed by atoms with Gasteiger partial charge in [-0.15, -0.1) is 0 Å². The molecule has 3 aliphatic heterocycles. The number of nitrogens with one attached hydrogen (secondary N) is 2. The predicted molar refractivity (Wildman–Crippen MR) is 141 cm³/mol. The van der Waals surface area contributed by atoms with Gasteiger partial charge in [0.15, 0.2) is 0 Å². The van der Waals surface area contributed by atoms with Crippen molar-refractivity contribution in [2.45, 2.75) is 83.8 Å². The first-order valence-electron chi connectivity index (χ1n) is 13.7. The number of carbonyl (C=O) groups excluding carboxylic acids is 3. The Kier molecular flexibility index (Phi) is 8.60. The van der Waals surface area contributed by atoms with E-state index in [0.29, 0.717) is 29.6 Å². The third-order valence-corrected chi connectivity index (χ3v) is 7.73. The summed E-state index contributed by atoms with van der Waals surface area (Å²) in [6.45, 7) is 8.89. The van der Waals surface area contributed by atoms with Gasteiger partial charge in [-0.3, -0.25) is 14.9 Å². The molecule has 3 amide bonds. The lowest BCUT2D eigenvalue weighted by Gasteiger charge is -2.36. The van der Waals surface area contributed by atoms with Crippen LogP contribution in [0.15, 0.2) is 18.2 Å². The highest BCUT2D eigenvalue weighted by atomic mass is 19.1. The molecule has 3 aliphatic rings. The molecule has 204 valence electrons. The average Bonchev–Trinajstić information content (AvgIpc) is 2.84. The van der Waals surface area contributed by atoms with Crippen LogP contribution in [0.4, 0.5) is 20.6 Å². The van der Waals surface area contributed by atoms with Gasteiger partial charge in [-0.05, 0) is 82.9 Å². The largest absolute Gasteiger partial charge is 0.444 e. The van der Waals surface area contributed by atoms with E-state index in [2.05, 4.69) is 15.5 Å². The molecule has 4 rings (SSSR count). The molecule has 0 aliphatic carbocycles. The van der Waals surface area contributed by atoms with E-state index >= 15 is 0 Å². The zero-order valence-corrected chi connectivity index (χ0v) is 22.4. The van der Waals surface area contributed by atoms with Gasteiger partial charge in [-0.1, -0.05) is 12.8 Å². The fourth-order valence-electron chi connectivity index (χ4n) is 5.55. The van der Waals surface area contributed by atoms with Crippen LogP contribution in [-0.4, -0.2) is 60.6 Å². The summed E-state index contributed by atoms with van der Waals surface area (Å²) in [5.41, 5.74) is 0.686. The van der Waals surface area contributed by atoms with Crippen LogP contribution in [0.3, 0.4) is 0 Å². The summed E-state index contributed by atoms with van der Waals surface area (Å²) >= 11 is 0. The second-order valence-corrected chi connectivity index (χ2v) is 11.7. The Hall–Kier alpha value is -2.84. The minimum Gasteiger partial charge on any atom is -0.444 e. The Bertz CT molecular complexity index is 979. The molecule has 3 saturated heterocycles. The summed E-state index contributed by atoms with van der Waals surface area (Å²) in [6, 6.07) is 4.50. The zero-order valence-electron chi connectivity index (χ0n) is 22.4. The molecule has 1 aromatic rings. The van der Waals surface area contributed by atoms with Gasteiger partial charge in [0.2, 0.25) is 11.8 Å². The van der Waals surface area contributed by atoms with Gasteiger partial charge in [0, 0.05) is 38.3 Å². The van der Waals surface area contributed by atoms with Gasteiger partial charge in [0.25, 0.3) is 0 Å². The Balaban J connectivity index is 1.18. The number of amides is 3. The number of hydrogen-bond acceptors (Lipinski definition) is 6. The molecule has 0 radical (unpaired) electrons. The van der Waals surface area contributed by atoms with Crippen molar-refractivity contribution < 1.29 is 23.5 Å². The lowest BCUT2D eigenvalue weighted by molar-refractivity contribution is -0.133. The van der Waals surface area contributed by atoms with Crippen LogP contribution >= 0.6 is 0 Å². The number of hydrogen-bond donors (Lipinski definition) is 2. The molecule has 3 fully saturated rings. The van der Waals surface area contributed by atoms with Gasteiger partial charge < -0.3 is 19.9 Å². The van der Waals surface area contributed by atoms with Crippen molar-refractivity contribution in [3.8, 4) is 0 Å². The standard InChI is InChI=1S/C28H41FN4O4/c1-28(2,3)37-27(36)33-16-12-20(13-17-33)5-4-19-10-14-32(15-11-19)24-8-6-21(18-22(24)29)30-23-7-9-25(34)31-26(23)35/h6,8,18-20,23,30H,4-5,7,9-17H2,1-3H3,(H,31,34,35). The van der Waals surface area contributed by atoms with Gasteiger partial charge in [-0.2, -0.15) is 0 Å². The SMILES string of the molecule is CC(C)(C)OC(=O)N1CCC(CCC2CCN(c3ccc(NC4CCC(=O)NC4=O)cc3F)CC2)CC1. The predicted octanol–water partition coefficient (Wildman–Crippen LogP) is 4.69. The van der Waals surface area contributed by atoms with E-state index in [1.54, 1.807) is 12.1 Å². The van der Waals surface area contributed by atoms with E-state index in [1.165, 1.54) is 18.9 Å². The second-order valence-electron chi connectivity index (χ2n) is 11.7. The lowest BCUT2D eigenvalue weighted by Crippen LogP contribution is -2.47. The number of rotatable bonds is 6. The zero-order chi connectivity index (χ0) is 26.6. The first-order chi connectivity index (χ1) is 17.6. The first kappa shape index (κ1) is 27.2. The summed E-state index contributed by atoms with van der Waals surface area (Å²) in [7, 11) is 0. The Morgan fingerprint density at radius 1 is 1.03 bits per heavy atom. The van der Waals surface area contributed by atoms with Gasteiger partial charge in [-0.25, -0.2) is 9.18 Å². The first-order valence-corrected chi connectivity index (χ1v) is 13.7. The fourth-order valence-corrected chi connectivity index (χ4v) is 5.55. The second kappa shape index (κ2) is 11.7. The molecule has 1 atom stereocenters. The molecule has 1 unspecified atom stereocenters. The van der Waals surface area contributed by atoms with Gasteiger partial charge in [0.1, 0.15) is 17.5 Å². The van der Waals surface area contributed by atoms with E-state index in [0.717, 1.165) is 51.9 Å². The third kappa shape index (κ3) is 7.58. The highest BCUT2D eigenvalue weighted by Crippen LogP contribution is 2.32. The van der Waals surface area contributed by atoms with E-state index in [9.17, 15) is 18.8 Å². The molecular formula is C28H41FN4O4.